The van der Waals surface area contributed by atoms with Gasteiger partial charge < -0.3 is 14.4 Å². The van der Waals surface area contributed by atoms with Crippen molar-refractivity contribution in [1.82, 2.24) is 15.0 Å². The second-order valence-corrected chi connectivity index (χ2v) is 14.4. The van der Waals surface area contributed by atoms with E-state index >= 15 is 0 Å². The molecule has 0 aliphatic heterocycles. The molecule has 0 amide bonds. The maximum atomic E-state index is 8.61. The molecule has 4 aromatic heterocycles. The molecule has 4 nitrogen and oxygen atoms in total. The van der Waals surface area contributed by atoms with Crippen LogP contribution in [0.4, 0.5) is 0 Å². The quantitative estimate of drug-likeness (QED) is 0.124. The molecule has 0 saturated carbocycles. The summed E-state index contributed by atoms with van der Waals surface area (Å²) in [5.74, 6) is -0.294. The zero-order chi connectivity index (χ0) is 42.1. The van der Waals surface area contributed by atoms with Crippen LogP contribution in [0.3, 0.4) is 0 Å². The van der Waals surface area contributed by atoms with Crippen molar-refractivity contribution in [3.8, 4) is 22.5 Å². The Morgan fingerprint density at radius 1 is 0.837 bits per heavy atom. The van der Waals surface area contributed by atoms with E-state index in [0.717, 1.165) is 27.1 Å². The fraction of sp³-hybridized carbons (Fsp3) is 0.341. The number of furan rings is 1. The molecule has 49 heavy (non-hydrogen) atoms. The van der Waals surface area contributed by atoms with Gasteiger partial charge in [0.05, 0.1) is 5.58 Å². The van der Waals surface area contributed by atoms with Gasteiger partial charge in [0, 0.05) is 55.9 Å². The average Bonchev–Trinajstić information content (AvgIpc) is 3.53. The first kappa shape index (κ1) is 26.0. The molecule has 0 atom stereocenters. The summed E-state index contributed by atoms with van der Waals surface area (Å²) in [7, 11) is 0. The Morgan fingerprint density at radius 2 is 1.61 bits per heavy atom. The van der Waals surface area contributed by atoms with Crippen molar-refractivity contribution >= 4 is 32.8 Å². The molecule has 0 aliphatic carbocycles. The van der Waals surface area contributed by atoms with Crippen molar-refractivity contribution < 1.29 is 36.9 Å². The first-order chi connectivity index (χ1) is 26.3. The molecule has 7 rings (SSSR count). The minimum atomic E-state index is -2.35. The number of nitrogens with zero attached hydrogens (tertiary/aromatic N) is 3. The monoisotopic (exact) mass is 835 g/mol. The Balaban J connectivity index is 0.000000224. The van der Waals surface area contributed by atoms with Gasteiger partial charge in [0.1, 0.15) is 0 Å². The van der Waals surface area contributed by atoms with E-state index in [0.29, 0.717) is 39.2 Å². The number of hydrogen-bond donors (Lipinski definition) is 0. The van der Waals surface area contributed by atoms with E-state index < -0.39 is 36.8 Å². The molecular formula is C44H47IrN3O-2. The standard InChI is InChI=1S/C24H21N2O.C20H26N.Ir/c1-14-11-17-6-5-16-7-8-18(22-20(16)21(17)23(26-14)27-22)19-12-15(9-10-25-19)13-24(2,3)4;1-15(2)11-17-12-19(16-9-7-6-8-10-16)21-14-18(17)13-20(3,4)5;/h5-7,9-12H,13H2,1-4H3;6-9,12,14-15H,11,13H2,1-5H3;/q2*-1;/i1D3,13D2;11D2,13D2;. The molecule has 0 saturated heterocycles. The summed E-state index contributed by atoms with van der Waals surface area (Å²) in [4.78, 5) is 13.2. The third-order valence-corrected chi connectivity index (χ3v) is 7.40. The van der Waals surface area contributed by atoms with Gasteiger partial charge in [-0.2, -0.15) is 0 Å². The first-order valence-electron chi connectivity index (χ1n) is 20.7. The smallest absolute Gasteiger partial charge is 0.216 e. The number of pyridine rings is 3. The van der Waals surface area contributed by atoms with Gasteiger partial charge in [-0.3, -0.25) is 0 Å². The molecule has 0 fully saturated rings. The average molecular weight is 835 g/mol. The first-order valence-corrected chi connectivity index (χ1v) is 16.2. The maximum Gasteiger partial charge on any atom is 0.216 e. The molecule has 3 aromatic carbocycles. The van der Waals surface area contributed by atoms with Crippen LogP contribution in [0.1, 0.15) is 90.1 Å². The van der Waals surface area contributed by atoms with Crippen LogP contribution < -0.4 is 0 Å². The molecular weight excluding hydrogens is 779 g/mol. The molecule has 0 bridgehead atoms. The van der Waals surface area contributed by atoms with Crippen LogP contribution >= 0.6 is 0 Å². The van der Waals surface area contributed by atoms with Gasteiger partial charge in [-0.15, -0.1) is 48.0 Å². The van der Waals surface area contributed by atoms with Crippen LogP contribution in [0.15, 0.2) is 83.5 Å². The molecule has 0 aliphatic rings. The second kappa shape index (κ2) is 14.5. The zero-order valence-electron chi connectivity index (χ0n) is 38.2. The third-order valence-electron chi connectivity index (χ3n) is 7.40. The molecule has 255 valence electrons. The Bertz CT molecular complexity index is 2550. The molecule has 7 aromatic rings. The van der Waals surface area contributed by atoms with Gasteiger partial charge in [0.15, 0.2) is 0 Å². The van der Waals surface area contributed by atoms with E-state index in [9.17, 15) is 0 Å². The van der Waals surface area contributed by atoms with Crippen LogP contribution in [-0.2, 0) is 39.2 Å². The van der Waals surface area contributed by atoms with Gasteiger partial charge >= 0.3 is 0 Å². The van der Waals surface area contributed by atoms with E-state index in [1.165, 1.54) is 6.20 Å². The van der Waals surface area contributed by atoms with E-state index in [-0.39, 0.29) is 37.4 Å². The SMILES string of the molecule is [2H]C([2H])([2H])c1cc2ccc3c[c-]c(-c4cc(C([2H])([2H])C(C)(C)C)ccn4)c4oc(n1)c2c34.[2H]C([2H])(c1cc(-c2[c-]cccc2)ncc1C([2H])([2H])C(C)(C)C)C(C)C.[Ir]. The van der Waals surface area contributed by atoms with E-state index in [4.69, 9.17) is 16.8 Å². The molecule has 0 spiro atoms. The van der Waals surface area contributed by atoms with Gasteiger partial charge in [-0.25, -0.2) is 4.98 Å². The number of hydrogen-bond acceptors (Lipinski definition) is 4. The third kappa shape index (κ3) is 8.63. The Labute approximate surface area is 318 Å². The number of rotatable bonds is 6. The normalized spacial score (nSPS) is 15.9. The van der Waals surface area contributed by atoms with Gasteiger partial charge in [-0.1, -0.05) is 102 Å². The van der Waals surface area contributed by atoms with E-state index in [1.807, 2.05) is 91.8 Å². The van der Waals surface area contributed by atoms with Crippen molar-refractivity contribution in [2.45, 2.75) is 81.4 Å². The van der Waals surface area contributed by atoms with Crippen molar-refractivity contribution in [2.75, 3.05) is 0 Å². The van der Waals surface area contributed by atoms with Crippen LogP contribution in [0.5, 0.6) is 0 Å². The number of benzene rings is 3. The van der Waals surface area contributed by atoms with Crippen molar-refractivity contribution in [1.29, 1.82) is 0 Å². The fourth-order valence-corrected chi connectivity index (χ4v) is 5.67. The molecule has 0 unspecified atom stereocenters. The predicted octanol–water partition coefficient (Wildman–Crippen LogP) is 11.7. The summed E-state index contributed by atoms with van der Waals surface area (Å²) in [6.07, 6.45) is -1.87. The Hall–Kier alpha value is -3.92. The summed E-state index contributed by atoms with van der Waals surface area (Å²) in [5.41, 5.74) is 3.17. The molecule has 0 N–H and O–H groups in total. The number of aryl methyl sites for hydroxylation is 1. The predicted molar refractivity (Wildman–Crippen MR) is 200 cm³/mol. The summed E-state index contributed by atoms with van der Waals surface area (Å²) < 4.78 is 80.9. The van der Waals surface area contributed by atoms with E-state index in [1.54, 1.807) is 36.5 Å². The molecule has 4 heterocycles. The Kier molecular flexibility index (Phi) is 7.69. The van der Waals surface area contributed by atoms with Crippen LogP contribution in [-0.4, -0.2) is 15.0 Å². The van der Waals surface area contributed by atoms with Crippen molar-refractivity contribution in [3.63, 3.8) is 0 Å². The van der Waals surface area contributed by atoms with Crippen LogP contribution in [0, 0.1) is 35.7 Å². The summed E-state index contributed by atoms with van der Waals surface area (Å²) in [6.45, 7) is 12.3. The summed E-state index contributed by atoms with van der Waals surface area (Å²) in [6, 6.07) is 26.0. The van der Waals surface area contributed by atoms with Crippen LogP contribution in [0.2, 0.25) is 0 Å². The molecule has 5 heteroatoms. The Morgan fingerprint density at radius 3 is 2.31 bits per heavy atom. The van der Waals surface area contributed by atoms with Gasteiger partial charge in [-0.05, 0) is 82.6 Å². The minimum Gasteiger partial charge on any atom is -0.486 e. The molecule has 1 radical (unpaired) electrons. The van der Waals surface area contributed by atoms with Gasteiger partial charge in [0.2, 0.25) is 5.71 Å². The maximum absolute atomic E-state index is 8.61. The van der Waals surface area contributed by atoms with Crippen molar-refractivity contribution in [2.24, 2.45) is 16.7 Å². The summed E-state index contributed by atoms with van der Waals surface area (Å²) >= 11 is 0. The van der Waals surface area contributed by atoms with Gasteiger partial charge in [0.25, 0.3) is 0 Å². The zero-order valence-corrected chi connectivity index (χ0v) is 31.6. The number of aromatic nitrogens is 3. The second-order valence-electron chi connectivity index (χ2n) is 14.4. The minimum absolute atomic E-state index is 0. The van der Waals surface area contributed by atoms with Crippen LogP contribution in [0.25, 0.3) is 55.4 Å². The topological polar surface area (TPSA) is 51.8 Å². The fourth-order valence-electron chi connectivity index (χ4n) is 5.67. The largest absolute Gasteiger partial charge is 0.486 e. The van der Waals surface area contributed by atoms with Crippen molar-refractivity contribution in [3.05, 3.63) is 114 Å². The van der Waals surface area contributed by atoms with E-state index in [2.05, 4.69) is 27.1 Å². The summed E-state index contributed by atoms with van der Waals surface area (Å²) in [5, 5.41) is 3.25.